The Morgan fingerprint density at radius 3 is 1.68 bits per heavy atom. The van der Waals surface area contributed by atoms with E-state index in [1.165, 1.54) is 12.1 Å². The molecule has 0 amide bonds. The molecule has 0 spiro atoms. The summed E-state index contributed by atoms with van der Waals surface area (Å²) < 4.78 is 10.3. The molecule has 0 saturated heterocycles. The van der Waals surface area contributed by atoms with Crippen LogP contribution in [-0.4, -0.2) is 18.1 Å². The van der Waals surface area contributed by atoms with Crippen molar-refractivity contribution in [3.05, 3.63) is 58.6 Å². The third kappa shape index (κ3) is 6.13. The molecule has 2 rings (SSSR count). The summed E-state index contributed by atoms with van der Waals surface area (Å²) >= 11 is 0. The Balaban J connectivity index is 0.000000224. The zero-order chi connectivity index (χ0) is 16.4. The number of hydrogen-bond donors (Lipinski definition) is 1. The molecule has 0 aromatic heterocycles. The van der Waals surface area contributed by atoms with E-state index in [0.29, 0.717) is 19.0 Å². The summed E-state index contributed by atoms with van der Waals surface area (Å²) in [5.74, 6) is 1.53. The highest BCUT2D eigenvalue weighted by atomic mass is 16.6. The number of non-ortho nitro benzene ring substituents is 1. The van der Waals surface area contributed by atoms with Gasteiger partial charge in [-0.3, -0.25) is 10.1 Å². The van der Waals surface area contributed by atoms with Crippen LogP contribution in [0.2, 0.25) is 0 Å². The molecule has 0 fully saturated rings. The highest BCUT2D eigenvalue weighted by molar-refractivity contribution is 5.41. The molecule has 22 heavy (non-hydrogen) atoms. The summed E-state index contributed by atoms with van der Waals surface area (Å²) in [7, 11) is 0. The summed E-state index contributed by atoms with van der Waals surface area (Å²) in [6.45, 7) is 5.08. The van der Waals surface area contributed by atoms with Crippen LogP contribution in [-0.2, 0) is 0 Å². The fourth-order valence-corrected chi connectivity index (χ4v) is 1.56. The van der Waals surface area contributed by atoms with Gasteiger partial charge in [-0.05, 0) is 50.2 Å². The number of nitrogens with two attached hydrogens (primary N) is 1. The number of nitro benzene ring substituents is 1. The standard InChI is InChI=1S/C8H9NO3.C8H11NO/c1-2-12-8-5-3-7(4-6-8)9(10)11;1-2-10-8-5-3-7(9)4-6-8/h3-6H,2H2,1H3;3-6H,2,9H2,1H3. The van der Waals surface area contributed by atoms with Gasteiger partial charge in [-0.15, -0.1) is 0 Å². The number of rotatable bonds is 5. The predicted molar refractivity (Wildman–Crippen MR) is 86.3 cm³/mol. The van der Waals surface area contributed by atoms with Crippen molar-refractivity contribution in [1.29, 1.82) is 0 Å². The van der Waals surface area contributed by atoms with Crippen molar-refractivity contribution in [3.63, 3.8) is 0 Å². The molecule has 2 aromatic rings. The second-order valence-corrected chi connectivity index (χ2v) is 4.19. The van der Waals surface area contributed by atoms with Crippen LogP contribution in [0.5, 0.6) is 11.5 Å². The average molecular weight is 304 g/mol. The first kappa shape index (κ1) is 17.3. The second kappa shape index (κ2) is 9.23. The maximum absolute atomic E-state index is 10.2. The third-order valence-electron chi connectivity index (χ3n) is 2.55. The van der Waals surface area contributed by atoms with E-state index in [9.17, 15) is 10.1 Å². The van der Waals surface area contributed by atoms with E-state index in [0.717, 1.165) is 11.4 Å². The lowest BCUT2D eigenvalue weighted by Crippen LogP contribution is -1.92. The highest BCUT2D eigenvalue weighted by Gasteiger charge is 2.03. The number of benzene rings is 2. The quantitative estimate of drug-likeness (QED) is 0.517. The predicted octanol–water partition coefficient (Wildman–Crippen LogP) is 3.66. The van der Waals surface area contributed by atoms with Crippen LogP contribution in [0.4, 0.5) is 11.4 Å². The maximum atomic E-state index is 10.2. The van der Waals surface area contributed by atoms with E-state index in [1.54, 1.807) is 12.1 Å². The molecule has 0 saturated carbocycles. The van der Waals surface area contributed by atoms with Gasteiger partial charge in [0.15, 0.2) is 0 Å². The first-order chi connectivity index (χ1) is 10.6. The van der Waals surface area contributed by atoms with Gasteiger partial charge in [-0.25, -0.2) is 0 Å². The number of nitrogens with zero attached hydrogens (tertiary/aromatic N) is 1. The molecule has 2 N–H and O–H groups in total. The first-order valence-electron chi connectivity index (χ1n) is 6.92. The lowest BCUT2D eigenvalue weighted by molar-refractivity contribution is -0.384. The van der Waals surface area contributed by atoms with Crippen LogP contribution in [0.15, 0.2) is 48.5 Å². The van der Waals surface area contributed by atoms with Crippen LogP contribution in [0.25, 0.3) is 0 Å². The Labute approximate surface area is 129 Å². The van der Waals surface area contributed by atoms with E-state index >= 15 is 0 Å². The van der Waals surface area contributed by atoms with E-state index in [2.05, 4.69) is 0 Å². The molecular weight excluding hydrogens is 284 g/mol. The normalized spacial score (nSPS) is 9.36. The molecule has 6 nitrogen and oxygen atoms in total. The number of hydrogen-bond acceptors (Lipinski definition) is 5. The Morgan fingerprint density at radius 1 is 0.909 bits per heavy atom. The van der Waals surface area contributed by atoms with Crippen molar-refractivity contribution < 1.29 is 14.4 Å². The molecule has 0 heterocycles. The number of nitro groups is 1. The smallest absolute Gasteiger partial charge is 0.269 e. The second-order valence-electron chi connectivity index (χ2n) is 4.19. The molecule has 0 aliphatic rings. The van der Waals surface area contributed by atoms with Crippen molar-refractivity contribution in [2.24, 2.45) is 0 Å². The Morgan fingerprint density at radius 2 is 1.32 bits per heavy atom. The molecule has 0 bridgehead atoms. The molecule has 0 aliphatic heterocycles. The van der Waals surface area contributed by atoms with Gasteiger partial charge in [0.1, 0.15) is 11.5 Å². The van der Waals surface area contributed by atoms with E-state index < -0.39 is 4.92 Å². The Bertz CT molecular complexity index is 568. The minimum atomic E-state index is -0.435. The molecule has 2 aromatic carbocycles. The lowest BCUT2D eigenvalue weighted by Gasteiger charge is -2.01. The minimum absolute atomic E-state index is 0.0819. The van der Waals surface area contributed by atoms with Crippen molar-refractivity contribution >= 4 is 11.4 Å². The lowest BCUT2D eigenvalue weighted by atomic mass is 10.3. The molecule has 118 valence electrons. The highest BCUT2D eigenvalue weighted by Crippen LogP contribution is 2.16. The van der Waals surface area contributed by atoms with Crippen LogP contribution >= 0.6 is 0 Å². The molecule has 0 unspecified atom stereocenters. The van der Waals surface area contributed by atoms with Gasteiger partial charge in [0.05, 0.1) is 18.1 Å². The average Bonchev–Trinajstić information content (AvgIpc) is 2.51. The summed E-state index contributed by atoms with van der Waals surface area (Å²) in [5.41, 5.74) is 6.32. The van der Waals surface area contributed by atoms with E-state index in [-0.39, 0.29) is 5.69 Å². The van der Waals surface area contributed by atoms with Crippen molar-refractivity contribution in [3.8, 4) is 11.5 Å². The Hall–Kier alpha value is -2.76. The fraction of sp³-hybridized carbons (Fsp3) is 0.250. The largest absolute Gasteiger partial charge is 0.494 e. The molecular formula is C16H20N2O4. The number of nitrogen functional groups attached to an aromatic ring is 1. The van der Waals surface area contributed by atoms with Crippen molar-refractivity contribution in [2.45, 2.75) is 13.8 Å². The molecule has 0 aliphatic carbocycles. The van der Waals surface area contributed by atoms with Gasteiger partial charge in [-0.1, -0.05) is 0 Å². The molecule has 0 atom stereocenters. The maximum Gasteiger partial charge on any atom is 0.269 e. The van der Waals surface area contributed by atoms with Crippen LogP contribution in [0.1, 0.15) is 13.8 Å². The molecule has 6 heteroatoms. The minimum Gasteiger partial charge on any atom is -0.494 e. The van der Waals surface area contributed by atoms with Gasteiger partial charge in [-0.2, -0.15) is 0 Å². The van der Waals surface area contributed by atoms with Crippen molar-refractivity contribution in [1.82, 2.24) is 0 Å². The number of anilines is 1. The van der Waals surface area contributed by atoms with Gasteiger partial charge in [0.2, 0.25) is 0 Å². The summed E-state index contributed by atoms with van der Waals surface area (Å²) in [6.07, 6.45) is 0. The van der Waals surface area contributed by atoms with Gasteiger partial charge >= 0.3 is 0 Å². The fourth-order valence-electron chi connectivity index (χ4n) is 1.56. The molecule has 0 radical (unpaired) electrons. The zero-order valence-corrected chi connectivity index (χ0v) is 12.7. The van der Waals surface area contributed by atoms with Gasteiger partial charge in [0, 0.05) is 17.8 Å². The monoisotopic (exact) mass is 304 g/mol. The summed E-state index contributed by atoms with van der Waals surface area (Å²) in [4.78, 5) is 9.80. The summed E-state index contributed by atoms with van der Waals surface area (Å²) in [6, 6.07) is 13.4. The first-order valence-corrected chi connectivity index (χ1v) is 6.92. The van der Waals surface area contributed by atoms with E-state index in [1.807, 2.05) is 38.1 Å². The Kier molecular flexibility index (Phi) is 7.25. The SMILES string of the molecule is CCOc1ccc(N)cc1.CCOc1ccc([N+](=O)[O-])cc1. The number of ether oxygens (including phenoxy) is 2. The zero-order valence-electron chi connectivity index (χ0n) is 12.7. The van der Waals surface area contributed by atoms with Gasteiger partial charge < -0.3 is 15.2 Å². The topological polar surface area (TPSA) is 87.6 Å². The van der Waals surface area contributed by atoms with Crippen LogP contribution in [0, 0.1) is 10.1 Å². The third-order valence-corrected chi connectivity index (χ3v) is 2.55. The van der Waals surface area contributed by atoms with Crippen LogP contribution < -0.4 is 15.2 Å². The van der Waals surface area contributed by atoms with Gasteiger partial charge in [0.25, 0.3) is 5.69 Å². The van der Waals surface area contributed by atoms with Crippen molar-refractivity contribution in [2.75, 3.05) is 18.9 Å². The summed E-state index contributed by atoms with van der Waals surface area (Å²) in [5, 5.41) is 10.2. The van der Waals surface area contributed by atoms with E-state index in [4.69, 9.17) is 15.2 Å². The van der Waals surface area contributed by atoms with Crippen LogP contribution in [0.3, 0.4) is 0 Å².